The molecule has 138 valence electrons. The van der Waals surface area contributed by atoms with E-state index in [1.54, 1.807) is 0 Å². The molecule has 1 atom stereocenters. The van der Waals surface area contributed by atoms with Gasteiger partial charge in [-0.05, 0) is 57.8 Å². The maximum Gasteiger partial charge on any atom is 0.239 e. The molecule has 0 unspecified atom stereocenters. The van der Waals surface area contributed by atoms with Crippen LogP contribution in [0, 0.1) is 12.8 Å². The summed E-state index contributed by atoms with van der Waals surface area (Å²) in [5, 5.41) is 5.73. The van der Waals surface area contributed by atoms with Gasteiger partial charge in [0.1, 0.15) is 11.5 Å². The van der Waals surface area contributed by atoms with E-state index in [2.05, 4.69) is 15.5 Å². The number of hydrogen-bond donors (Lipinski definition) is 2. The number of hydrogen-bond acceptors (Lipinski definition) is 4. The van der Waals surface area contributed by atoms with Crippen LogP contribution in [0.1, 0.15) is 56.1 Å². The maximum absolute atomic E-state index is 12.1. The molecule has 2 heterocycles. The molecule has 0 spiro atoms. The number of nitrogens with one attached hydrogen (secondary N) is 2. The summed E-state index contributed by atoms with van der Waals surface area (Å²) in [5.41, 5.74) is 0. The summed E-state index contributed by atoms with van der Waals surface area (Å²) in [6.07, 6.45) is 6.49. The van der Waals surface area contributed by atoms with Crippen molar-refractivity contribution in [2.45, 2.75) is 51.5 Å². The van der Waals surface area contributed by atoms with Crippen molar-refractivity contribution in [1.82, 2.24) is 15.5 Å². The van der Waals surface area contributed by atoms with Crippen molar-refractivity contribution in [3.8, 4) is 0 Å². The smallest absolute Gasteiger partial charge is 0.239 e. The SMILES string of the molecule is Cc1ccc([C@H](CNC(=O)CNC(=O)C2CCCC2)N2CCCC2)o1. The molecular weight excluding hydrogens is 318 g/mol. The van der Waals surface area contributed by atoms with Crippen LogP contribution in [0.5, 0.6) is 0 Å². The van der Waals surface area contributed by atoms with Crippen molar-refractivity contribution in [1.29, 1.82) is 0 Å². The number of furan rings is 1. The van der Waals surface area contributed by atoms with Crippen LogP contribution in [-0.4, -0.2) is 42.9 Å². The van der Waals surface area contributed by atoms with Crippen molar-refractivity contribution in [2.75, 3.05) is 26.2 Å². The average Bonchev–Trinajstić information content (AvgIpc) is 3.35. The molecule has 3 rings (SSSR count). The Labute approximate surface area is 149 Å². The molecule has 1 aliphatic carbocycles. The Bertz CT molecular complexity index is 586. The Hall–Kier alpha value is -1.82. The number of amides is 2. The van der Waals surface area contributed by atoms with Crippen LogP contribution in [0.3, 0.4) is 0 Å². The van der Waals surface area contributed by atoms with Gasteiger partial charge in [-0.2, -0.15) is 0 Å². The van der Waals surface area contributed by atoms with Crippen LogP contribution in [0.15, 0.2) is 16.5 Å². The van der Waals surface area contributed by atoms with Gasteiger partial charge >= 0.3 is 0 Å². The fourth-order valence-electron chi connectivity index (χ4n) is 3.87. The zero-order valence-electron chi connectivity index (χ0n) is 15.1. The third-order valence-electron chi connectivity index (χ3n) is 5.31. The maximum atomic E-state index is 12.1. The fourth-order valence-corrected chi connectivity index (χ4v) is 3.87. The van der Waals surface area contributed by atoms with Gasteiger partial charge in [0.2, 0.25) is 11.8 Å². The van der Waals surface area contributed by atoms with Gasteiger partial charge in [-0.1, -0.05) is 12.8 Å². The lowest BCUT2D eigenvalue weighted by Crippen LogP contribution is -2.42. The number of aryl methyl sites for hydroxylation is 1. The summed E-state index contributed by atoms with van der Waals surface area (Å²) in [6, 6.07) is 4.01. The first-order chi connectivity index (χ1) is 12.1. The Morgan fingerprint density at radius 1 is 1.16 bits per heavy atom. The Balaban J connectivity index is 1.48. The number of carbonyl (C=O) groups is 2. The van der Waals surface area contributed by atoms with Gasteiger partial charge in [0.15, 0.2) is 0 Å². The van der Waals surface area contributed by atoms with Crippen LogP contribution < -0.4 is 10.6 Å². The molecule has 6 nitrogen and oxygen atoms in total. The minimum atomic E-state index is -0.140. The molecule has 0 bridgehead atoms. The van der Waals surface area contributed by atoms with Crippen LogP contribution in [-0.2, 0) is 9.59 Å². The molecule has 6 heteroatoms. The largest absolute Gasteiger partial charge is 0.465 e. The Kier molecular flexibility index (Phi) is 6.13. The third-order valence-corrected chi connectivity index (χ3v) is 5.31. The molecule has 1 aromatic rings. The zero-order valence-corrected chi connectivity index (χ0v) is 15.1. The van der Waals surface area contributed by atoms with E-state index in [1.165, 1.54) is 12.8 Å². The van der Waals surface area contributed by atoms with Crippen LogP contribution >= 0.6 is 0 Å². The van der Waals surface area contributed by atoms with E-state index >= 15 is 0 Å². The van der Waals surface area contributed by atoms with E-state index in [0.29, 0.717) is 6.54 Å². The minimum Gasteiger partial charge on any atom is -0.465 e. The van der Waals surface area contributed by atoms with E-state index in [0.717, 1.165) is 50.3 Å². The fraction of sp³-hybridized carbons (Fsp3) is 0.684. The van der Waals surface area contributed by atoms with Gasteiger partial charge < -0.3 is 15.1 Å². The first kappa shape index (κ1) is 18.0. The molecule has 1 aliphatic heterocycles. The molecule has 1 saturated carbocycles. The third kappa shape index (κ3) is 4.84. The molecule has 1 saturated heterocycles. The quantitative estimate of drug-likeness (QED) is 0.792. The van der Waals surface area contributed by atoms with Crippen LogP contribution in [0.2, 0.25) is 0 Å². The van der Waals surface area contributed by atoms with E-state index in [1.807, 2.05) is 19.1 Å². The molecule has 2 aliphatic rings. The number of carbonyl (C=O) groups excluding carboxylic acids is 2. The zero-order chi connectivity index (χ0) is 17.6. The number of rotatable bonds is 7. The Morgan fingerprint density at radius 2 is 1.88 bits per heavy atom. The topological polar surface area (TPSA) is 74.6 Å². The van der Waals surface area contributed by atoms with E-state index < -0.39 is 0 Å². The van der Waals surface area contributed by atoms with Gasteiger partial charge in [0, 0.05) is 12.5 Å². The molecule has 2 fully saturated rings. The van der Waals surface area contributed by atoms with E-state index in [9.17, 15) is 9.59 Å². The highest BCUT2D eigenvalue weighted by Gasteiger charge is 2.27. The first-order valence-corrected chi connectivity index (χ1v) is 9.48. The van der Waals surface area contributed by atoms with Crippen molar-refractivity contribution in [3.05, 3.63) is 23.7 Å². The lowest BCUT2D eigenvalue weighted by Gasteiger charge is -2.26. The predicted molar refractivity (Wildman–Crippen MR) is 95.0 cm³/mol. The van der Waals surface area contributed by atoms with Gasteiger partial charge in [0.05, 0.1) is 12.6 Å². The summed E-state index contributed by atoms with van der Waals surface area (Å²) >= 11 is 0. The first-order valence-electron chi connectivity index (χ1n) is 9.48. The second-order valence-corrected chi connectivity index (χ2v) is 7.21. The van der Waals surface area contributed by atoms with Crippen molar-refractivity contribution in [3.63, 3.8) is 0 Å². The molecule has 0 aromatic carbocycles. The molecule has 0 radical (unpaired) electrons. The van der Waals surface area contributed by atoms with E-state index in [4.69, 9.17) is 4.42 Å². The second-order valence-electron chi connectivity index (χ2n) is 7.21. The molecule has 25 heavy (non-hydrogen) atoms. The van der Waals surface area contributed by atoms with Crippen LogP contribution in [0.4, 0.5) is 0 Å². The summed E-state index contributed by atoms with van der Waals surface area (Å²) in [5.74, 6) is 1.75. The summed E-state index contributed by atoms with van der Waals surface area (Å²) in [6.45, 7) is 4.55. The van der Waals surface area contributed by atoms with E-state index in [-0.39, 0.29) is 30.3 Å². The Morgan fingerprint density at radius 3 is 2.52 bits per heavy atom. The van der Waals surface area contributed by atoms with Gasteiger partial charge in [-0.15, -0.1) is 0 Å². The van der Waals surface area contributed by atoms with Gasteiger partial charge in [-0.3, -0.25) is 14.5 Å². The molecule has 2 N–H and O–H groups in total. The minimum absolute atomic E-state index is 0.0189. The highest BCUT2D eigenvalue weighted by atomic mass is 16.3. The summed E-state index contributed by atoms with van der Waals surface area (Å²) in [7, 11) is 0. The van der Waals surface area contributed by atoms with Gasteiger partial charge in [0.25, 0.3) is 0 Å². The molecule has 1 aromatic heterocycles. The average molecular weight is 347 g/mol. The highest BCUT2D eigenvalue weighted by Crippen LogP contribution is 2.26. The number of nitrogens with zero attached hydrogens (tertiary/aromatic N) is 1. The lowest BCUT2D eigenvalue weighted by atomic mass is 10.1. The predicted octanol–water partition coefficient (Wildman–Crippen LogP) is 2.15. The van der Waals surface area contributed by atoms with Crippen molar-refractivity contribution < 1.29 is 14.0 Å². The second kappa shape index (κ2) is 8.52. The number of likely N-dealkylation sites (tertiary alicyclic amines) is 1. The summed E-state index contributed by atoms with van der Waals surface area (Å²) in [4.78, 5) is 26.5. The molecular formula is C19H29N3O3. The molecule has 2 amide bonds. The van der Waals surface area contributed by atoms with Crippen molar-refractivity contribution >= 4 is 11.8 Å². The normalized spacial score (nSPS) is 19.9. The van der Waals surface area contributed by atoms with Gasteiger partial charge in [-0.25, -0.2) is 0 Å². The van der Waals surface area contributed by atoms with Crippen molar-refractivity contribution in [2.24, 2.45) is 5.92 Å². The highest BCUT2D eigenvalue weighted by molar-refractivity contribution is 5.85. The standard InChI is InChI=1S/C19H29N3O3/c1-14-8-9-17(25-14)16(22-10-4-5-11-22)12-20-18(23)13-21-19(24)15-6-2-3-7-15/h8-9,15-16H,2-7,10-13H2,1H3,(H,20,23)(H,21,24)/t16-/m0/s1. The monoisotopic (exact) mass is 347 g/mol. The lowest BCUT2D eigenvalue weighted by molar-refractivity contribution is -0.128. The summed E-state index contributed by atoms with van der Waals surface area (Å²) < 4.78 is 5.79. The van der Waals surface area contributed by atoms with Crippen LogP contribution in [0.25, 0.3) is 0 Å².